The molecule has 10 nitrogen and oxygen atoms in total. The maximum absolute atomic E-state index is 11.4. The molecule has 0 aromatic rings. The van der Waals surface area contributed by atoms with Gasteiger partial charge in [-0.05, 0) is 75.0 Å². The number of fused-ring (bicyclic) bond motifs is 2. The van der Waals surface area contributed by atoms with E-state index in [4.69, 9.17) is 9.47 Å². The SMILES string of the molecule is O=S(=O)(O)CCCCN1C(=CC2=[N+](CCCCS(=O)(=O)O)C3CC(C4CCCCC4)CCC3O2)OC2CCC(C3CCCCC3)CC21. The van der Waals surface area contributed by atoms with Crippen LogP contribution < -0.4 is 0 Å². The van der Waals surface area contributed by atoms with Crippen LogP contribution in [0.3, 0.4) is 0 Å². The molecule has 4 aliphatic carbocycles. The van der Waals surface area contributed by atoms with Crippen molar-refractivity contribution in [2.45, 2.75) is 153 Å². The Morgan fingerprint density at radius 3 is 1.85 bits per heavy atom. The number of hydrogen-bond donors (Lipinski definition) is 2. The van der Waals surface area contributed by atoms with E-state index >= 15 is 0 Å². The fraction of sp³-hybridized carbons (Fsp3) is 0.914. The highest BCUT2D eigenvalue weighted by atomic mass is 32.2. The first-order valence-electron chi connectivity index (χ1n) is 18.9. The molecule has 6 unspecified atom stereocenters. The summed E-state index contributed by atoms with van der Waals surface area (Å²) >= 11 is 0. The highest BCUT2D eigenvalue weighted by Crippen LogP contribution is 2.45. The molecule has 268 valence electrons. The molecule has 0 spiro atoms. The molecule has 2 heterocycles. The van der Waals surface area contributed by atoms with Crippen molar-refractivity contribution >= 4 is 26.1 Å². The Morgan fingerprint density at radius 1 is 0.660 bits per heavy atom. The molecule has 2 N–H and O–H groups in total. The van der Waals surface area contributed by atoms with Crippen molar-refractivity contribution in [2.75, 3.05) is 24.6 Å². The Morgan fingerprint density at radius 2 is 1.23 bits per heavy atom. The van der Waals surface area contributed by atoms with Gasteiger partial charge in [0.2, 0.25) is 0 Å². The monoisotopic (exact) mass is 699 g/mol. The number of nitrogens with zero attached hydrogens (tertiary/aromatic N) is 2. The predicted octanol–water partition coefficient (Wildman–Crippen LogP) is 6.17. The van der Waals surface area contributed by atoms with Gasteiger partial charge >= 0.3 is 5.90 Å². The zero-order valence-corrected chi connectivity index (χ0v) is 29.9. The Kier molecular flexibility index (Phi) is 11.8. The lowest BCUT2D eigenvalue weighted by molar-refractivity contribution is -0.564. The first kappa shape index (κ1) is 35.5. The summed E-state index contributed by atoms with van der Waals surface area (Å²) in [5.74, 6) is 4.08. The van der Waals surface area contributed by atoms with Gasteiger partial charge < -0.3 is 14.4 Å². The lowest BCUT2D eigenvalue weighted by Crippen LogP contribution is -2.42. The van der Waals surface area contributed by atoms with Gasteiger partial charge in [0, 0.05) is 19.4 Å². The van der Waals surface area contributed by atoms with Crippen molar-refractivity contribution in [3.8, 4) is 0 Å². The highest BCUT2D eigenvalue weighted by Gasteiger charge is 2.50. The fourth-order valence-corrected chi connectivity index (χ4v) is 11.2. The van der Waals surface area contributed by atoms with E-state index in [1.807, 2.05) is 0 Å². The van der Waals surface area contributed by atoms with E-state index in [0.29, 0.717) is 50.6 Å². The van der Waals surface area contributed by atoms with Gasteiger partial charge in [0.25, 0.3) is 20.2 Å². The zero-order chi connectivity index (χ0) is 33.0. The van der Waals surface area contributed by atoms with E-state index in [9.17, 15) is 25.9 Å². The molecule has 47 heavy (non-hydrogen) atoms. The van der Waals surface area contributed by atoms with Crippen molar-refractivity contribution in [2.24, 2.45) is 23.7 Å². The number of ether oxygens (including phenoxy) is 2. The highest BCUT2D eigenvalue weighted by molar-refractivity contribution is 7.86. The van der Waals surface area contributed by atoms with Crippen LogP contribution in [0, 0.1) is 23.7 Å². The topological polar surface area (TPSA) is 133 Å². The van der Waals surface area contributed by atoms with Gasteiger partial charge in [0.1, 0.15) is 18.7 Å². The van der Waals surface area contributed by atoms with Crippen molar-refractivity contribution in [1.29, 1.82) is 0 Å². The Balaban J connectivity index is 1.23. The van der Waals surface area contributed by atoms with Crippen LogP contribution in [0.5, 0.6) is 0 Å². The summed E-state index contributed by atoms with van der Waals surface area (Å²) in [6.45, 7) is 1.33. The maximum atomic E-state index is 11.4. The van der Waals surface area contributed by atoms with Crippen molar-refractivity contribution in [1.82, 2.24) is 4.90 Å². The van der Waals surface area contributed by atoms with Gasteiger partial charge in [0.05, 0.1) is 17.5 Å². The van der Waals surface area contributed by atoms with Crippen LogP contribution in [0.2, 0.25) is 0 Å². The molecule has 0 amide bonds. The quantitative estimate of drug-likeness (QED) is 0.132. The molecule has 2 aliphatic heterocycles. The summed E-state index contributed by atoms with van der Waals surface area (Å²) in [4.78, 5) is 2.36. The minimum atomic E-state index is -4.00. The molecule has 1 saturated heterocycles. The van der Waals surface area contributed by atoms with Crippen LogP contribution >= 0.6 is 0 Å². The average Bonchev–Trinajstić information content (AvgIpc) is 3.57. The second-order valence-corrected chi connectivity index (χ2v) is 18.7. The van der Waals surface area contributed by atoms with Crippen LogP contribution in [-0.2, 0) is 29.7 Å². The Bertz CT molecular complexity index is 1340. The summed E-state index contributed by atoms with van der Waals surface area (Å²) in [5.41, 5.74) is 0. The molecule has 6 aliphatic rings. The van der Waals surface area contributed by atoms with Crippen molar-refractivity contribution < 1.29 is 40.0 Å². The van der Waals surface area contributed by atoms with Gasteiger partial charge in [-0.25, -0.2) is 0 Å². The van der Waals surface area contributed by atoms with E-state index < -0.39 is 20.2 Å². The third kappa shape index (κ3) is 9.45. The number of unbranched alkanes of at least 4 members (excludes halogenated alkanes) is 2. The van der Waals surface area contributed by atoms with Crippen LogP contribution in [0.25, 0.3) is 0 Å². The molecule has 5 fully saturated rings. The van der Waals surface area contributed by atoms with Gasteiger partial charge in [-0.3, -0.25) is 9.11 Å². The summed E-state index contributed by atoms with van der Waals surface area (Å²) < 4.78 is 80.3. The predicted molar refractivity (Wildman–Crippen MR) is 181 cm³/mol. The van der Waals surface area contributed by atoms with Gasteiger partial charge in [-0.1, -0.05) is 64.2 Å². The molecule has 0 aromatic carbocycles. The summed E-state index contributed by atoms with van der Waals surface area (Å²) in [5, 5.41) is 0. The molecular formula is C35H59N2O8S2+. The van der Waals surface area contributed by atoms with E-state index in [2.05, 4.69) is 15.6 Å². The first-order valence-corrected chi connectivity index (χ1v) is 22.1. The van der Waals surface area contributed by atoms with Crippen LogP contribution in [-0.4, -0.2) is 90.2 Å². The molecular weight excluding hydrogens is 641 g/mol. The van der Waals surface area contributed by atoms with Gasteiger partial charge in [-0.2, -0.15) is 21.4 Å². The van der Waals surface area contributed by atoms with Gasteiger partial charge in [0.15, 0.2) is 18.0 Å². The van der Waals surface area contributed by atoms with Crippen LogP contribution in [0.4, 0.5) is 0 Å². The molecule has 0 radical (unpaired) electrons. The Hall–Kier alpha value is -1.37. The van der Waals surface area contributed by atoms with Crippen molar-refractivity contribution in [3.63, 3.8) is 0 Å². The largest absolute Gasteiger partial charge is 0.473 e. The molecule has 4 saturated carbocycles. The first-order chi connectivity index (χ1) is 22.5. The van der Waals surface area contributed by atoms with E-state index in [1.165, 1.54) is 77.0 Å². The number of rotatable bonds is 13. The van der Waals surface area contributed by atoms with Crippen LogP contribution in [0.1, 0.15) is 128 Å². The second kappa shape index (κ2) is 15.7. The minimum absolute atomic E-state index is 0.103. The standard InChI is InChI=1S/C35H58N2O8S2/c38-46(39,40)21-9-7-19-36-30-23-28(26-11-3-1-4-12-26)15-17-32(30)44-34(36)25-35-37(20-8-10-22-47(41,42)43)31-24-29(16-18-33(31)45-35)27-13-5-2-6-14-27/h25-33H,1-24H2,(H-,38,39,40,41,42,43)/p+1. The smallest absolute Gasteiger partial charge is 0.368 e. The zero-order valence-electron chi connectivity index (χ0n) is 28.2. The molecule has 12 heteroatoms. The Labute approximate surface area is 283 Å². The summed E-state index contributed by atoms with van der Waals surface area (Å²) in [6.07, 6.45) is 24.3. The van der Waals surface area contributed by atoms with E-state index in [-0.39, 0.29) is 35.8 Å². The summed E-state index contributed by atoms with van der Waals surface area (Å²) in [6, 6.07) is 0.492. The number of hydrogen-bond acceptors (Lipinski definition) is 7. The third-order valence-electron chi connectivity index (χ3n) is 12.5. The molecule has 6 atom stereocenters. The normalized spacial score (nSPS) is 33.5. The van der Waals surface area contributed by atoms with E-state index in [0.717, 1.165) is 49.3 Å². The minimum Gasteiger partial charge on any atom is -0.473 e. The third-order valence-corrected chi connectivity index (χ3v) is 14.1. The lowest BCUT2D eigenvalue weighted by Gasteiger charge is -2.39. The lowest BCUT2D eigenvalue weighted by atomic mass is 9.71. The molecule has 0 bridgehead atoms. The fourth-order valence-electron chi connectivity index (χ4n) is 10.1. The second-order valence-electron chi connectivity index (χ2n) is 15.6. The average molecular weight is 700 g/mol. The van der Waals surface area contributed by atoms with Crippen LogP contribution in [0.15, 0.2) is 12.0 Å². The maximum Gasteiger partial charge on any atom is 0.368 e. The van der Waals surface area contributed by atoms with E-state index in [1.54, 1.807) is 0 Å². The molecule has 0 aromatic heterocycles. The summed E-state index contributed by atoms with van der Waals surface area (Å²) in [7, 11) is -8.00. The van der Waals surface area contributed by atoms with Crippen molar-refractivity contribution in [3.05, 3.63) is 12.0 Å². The van der Waals surface area contributed by atoms with Gasteiger partial charge in [-0.15, -0.1) is 0 Å². The molecule has 6 rings (SSSR count).